The van der Waals surface area contributed by atoms with Crippen LogP contribution in [0.15, 0.2) is 36.4 Å². The van der Waals surface area contributed by atoms with Gasteiger partial charge in [0.1, 0.15) is 5.82 Å². The first-order valence-corrected chi connectivity index (χ1v) is 9.42. The number of nitrogens with zero attached hydrogens (tertiary/aromatic N) is 1. The third-order valence-electron chi connectivity index (χ3n) is 4.75. The molecule has 4 nitrogen and oxygen atoms in total. The molecule has 3 rings (SSSR count). The quantitative estimate of drug-likeness (QED) is 0.761. The van der Waals surface area contributed by atoms with E-state index >= 15 is 0 Å². The Morgan fingerprint density at radius 1 is 1.07 bits per heavy atom. The molecule has 2 aromatic rings. The van der Waals surface area contributed by atoms with E-state index in [9.17, 15) is 14.0 Å². The van der Waals surface area contributed by atoms with Gasteiger partial charge in [0.25, 0.3) is 11.8 Å². The first-order valence-electron chi connectivity index (χ1n) is 8.67. The minimum Gasteiger partial charge on any atom is -0.349 e. The molecule has 0 unspecified atom stereocenters. The number of amides is 2. The summed E-state index contributed by atoms with van der Waals surface area (Å²) in [7, 11) is 0. The Kier molecular flexibility index (Phi) is 6.02. The number of hydrogen-bond acceptors (Lipinski definition) is 2. The highest BCUT2D eigenvalue weighted by Crippen LogP contribution is 2.26. The van der Waals surface area contributed by atoms with Crippen molar-refractivity contribution < 1.29 is 14.0 Å². The van der Waals surface area contributed by atoms with Crippen molar-refractivity contribution in [1.29, 1.82) is 0 Å². The van der Waals surface area contributed by atoms with E-state index in [4.69, 9.17) is 23.2 Å². The highest BCUT2D eigenvalue weighted by atomic mass is 35.5. The largest absolute Gasteiger partial charge is 0.349 e. The minimum absolute atomic E-state index is 0.0152. The zero-order chi connectivity index (χ0) is 19.6. The predicted octanol–water partition coefficient (Wildman–Crippen LogP) is 4.48. The van der Waals surface area contributed by atoms with Crippen molar-refractivity contribution >= 4 is 35.0 Å². The lowest BCUT2D eigenvalue weighted by molar-refractivity contribution is 0.0697. The van der Waals surface area contributed by atoms with Gasteiger partial charge in [-0.3, -0.25) is 9.59 Å². The molecule has 1 aliphatic heterocycles. The lowest BCUT2D eigenvalue weighted by Gasteiger charge is -2.32. The summed E-state index contributed by atoms with van der Waals surface area (Å²) in [6.07, 6.45) is 1.24. The molecule has 0 spiro atoms. The first kappa shape index (κ1) is 19.6. The van der Waals surface area contributed by atoms with E-state index in [0.717, 1.165) is 11.6 Å². The molecule has 2 aromatic carbocycles. The Balaban J connectivity index is 1.60. The average molecular weight is 409 g/mol. The van der Waals surface area contributed by atoms with Crippen molar-refractivity contribution in [2.75, 3.05) is 13.1 Å². The first-order chi connectivity index (χ1) is 12.9. The second kappa shape index (κ2) is 8.28. The molecule has 1 N–H and O–H groups in total. The lowest BCUT2D eigenvalue weighted by atomic mass is 10.0. The number of carbonyl (C=O) groups excluding carboxylic acids is 2. The predicted molar refractivity (Wildman–Crippen MR) is 104 cm³/mol. The molecule has 27 heavy (non-hydrogen) atoms. The Morgan fingerprint density at radius 3 is 2.41 bits per heavy atom. The lowest BCUT2D eigenvalue weighted by Crippen LogP contribution is -2.46. The van der Waals surface area contributed by atoms with Crippen LogP contribution in [0.25, 0.3) is 0 Å². The fourth-order valence-corrected chi connectivity index (χ4v) is 3.64. The molecule has 0 aromatic heterocycles. The van der Waals surface area contributed by atoms with E-state index in [0.29, 0.717) is 31.5 Å². The van der Waals surface area contributed by atoms with Gasteiger partial charge < -0.3 is 10.2 Å². The molecular formula is C20H19Cl2FN2O2. The SMILES string of the molecule is Cc1ccccc1C(=O)NC1CCN(C(=O)c2cc(F)c(Cl)cc2Cl)CC1. The number of rotatable bonds is 3. The molecule has 1 fully saturated rings. The molecule has 0 aliphatic carbocycles. The molecule has 0 radical (unpaired) electrons. The monoisotopic (exact) mass is 408 g/mol. The average Bonchev–Trinajstić information content (AvgIpc) is 2.65. The molecule has 7 heteroatoms. The molecule has 1 aliphatic rings. The maximum atomic E-state index is 13.7. The maximum Gasteiger partial charge on any atom is 0.255 e. The summed E-state index contributed by atoms with van der Waals surface area (Å²) in [5, 5.41) is 3.03. The molecule has 1 saturated heterocycles. The third kappa shape index (κ3) is 4.42. The Bertz CT molecular complexity index is 880. The smallest absolute Gasteiger partial charge is 0.255 e. The zero-order valence-corrected chi connectivity index (χ0v) is 16.3. The standard InChI is InChI=1S/C20H19Cl2FN2O2/c1-12-4-2-3-5-14(12)19(26)24-13-6-8-25(9-7-13)20(27)15-10-18(23)17(22)11-16(15)21/h2-5,10-11,13H,6-9H2,1H3,(H,24,26). The number of aryl methyl sites for hydroxylation is 1. The Hall–Kier alpha value is -2.11. The molecule has 1 heterocycles. The van der Waals surface area contributed by atoms with Gasteiger partial charge in [0, 0.05) is 24.7 Å². The van der Waals surface area contributed by atoms with Gasteiger partial charge >= 0.3 is 0 Å². The van der Waals surface area contributed by atoms with Gasteiger partial charge in [-0.2, -0.15) is 0 Å². The minimum atomic E-state index is -0.676. The summed E-state index contributed by atoms with van der Waals surface area (Å²) in [6, 6.07) is 9.70. The number of benzene rings is 2. The van der Waals surface area contributed by atoms with Crippen molar-refractivity contribution in [2.45, 2.75) is 25.8 Å². The van der Waals surface area contributed by atoms with Crippen LogP contribution in [-0.2, 0) is 0 Å². The van der Waals surface area contributed by atoms with E-state index < -0.39 is 5.82 Å². The summed E-state index contributed by atoms with van der Waals surface area (Å²) >= 11 is 11.7. The van der Waals surface area contributed by atoms with Crippen LogP contribution in [-0.4, -0.2) is 35.8 Å². The van der Waals surface area contributed by atoms with Gasteiger partial charge in [0.15, 0.2) is 0 Å². The molecule has 0 atom stereocenters. The number of nitrogens with one attached hydrogen (secondary N) is 1. The number of piperidine rings is 1. The van der Waals surface area contributed by atoms with E-state index in [1.165, 1.54) is 6.07 Å². The second-order valence-electron chi connectivity index (χ2n) is 6.60. The van der Waals surface area contributed by atoms with Crippen LogP contribution >= 0.6 is 23.2 Å². The van der Waals surface area contributed by atoms with Crippen molar-refractivity contribution in [3.63, 3.8) is 0 Å². The topological polar surface area (TPSA) is 49.4 Å². The van der Waals surface area contributed by atoms with Gasteiger partial charge in [-0.25, -0.2) is 4.39 Å². The Labute approximate surface area is 167 Å². The summed E-state index contributed by atoms with van der Waals surface area (Å²) in [5.41, 5.74) is 1.67. The van der Waals surface area contributed by atoms with Gasteiger partial charge in [-0.1, -0.05) is 41.4 Å². The Morgan fingerprint density at radius 2 is 1.74 bits per heavy atom. The van der Waals surface area contributed by atoms with Crippen LogP contribution in [0.3, 0.4) is 0 Å². The van der Waals surface area contributed by atoms with Crippen molar-refractivity contribution in [3.05, 3.63) is 69.0 Å². The summed E-state index contributed by atoms with van der Waals surface area (Å²) in [6.45, 7) is 2.81. The van der Waals surface area contributed by atoms with Crippen LogP contribution in [0.1, 0.15) is 39.1 Å². The molecule has 0 saturated carbocycles. The fourth-order valence-electron chi connectivity index (χ4n) is 3.17. The van der Waals surface area contributed by atoms with Gasteiger partial charge in [0.05, 0.1) is 15.6 Å². The fraction of sp³-hybridized carbons (Fsp3) is 0.300. The summed E-state index contributed by atoms with van der Waals surface area (Å²) in [4.78, 5) is 26.7. The molecule has 0 bridgehead atoms. The van der Waals surface area contributed by atoms with Crippen molar-refractivity contribution in [2.24, 2.45) is 0 Å². The number of halogens is 3. The summed E-state index contributed by atoms with van der Waals surface area (Å²) < 4.78 is 13.7. The summed E-state index contributed by atoms with van der Waals surface area (Å²) in [5.74, 6) is -1.12. The van der Waals surface area contributed by atoms with Crippen molar-refractivity contribution in [1.82, 2.24) is 10.2 Å². The van der Waals surface area contributed by atoms with Gasteiger partial charge in [-0.15, -0.1) is 0 Å². The van der Waals surface area contributed by atoms with E-state index in [1.54, 1.807) is 11.0 Å². The molecule has 142 valence electrons. The van der Waals surface area contributed by atoms with Gasteiger partial charge in [0.2, 0.25) is 0 Å². The van der Waals surface area contributed by atoms with E-state index in [1.807, 2.05) is 25.1 Å². The van der Waals surface area contributed by atoms with Crippen LogP contribution in [0, 0.1) is 12.7 Å². The molecular weight excluding hydrogens is 390 g/mol. The van der Waals surface area contributed by atoms with E-state index in [2.05, 4.69) is 5.32 Å². The number of likely N-dealkylation sites (tertiary alicyclic amines) is 1. The number of hydrogen-bond donors (Lipinski definition) is 1. The normalized spacial score (nSPS) is 14.9. The highest BCUT2D eigenvalue weighted by molar-refractivity contribution is 6.36. The van der Waals surface area contributed by atoms with Crippen molar-refractivity contribution in [3.8, 4) is 0 Å². The second-order valence-corrected chi connectivity index (χ2v) is 7.42. The van der Waals surface area contributed by atoms with Crippen LogP contribution in [0.4, 0.5) is 4.39 Å². The number of carbonyl (C=O) groups is 2. The highest BCUT2D eigenvalue weighted by Gasteiger charge is 2.26. The van der Waals surface area contributed by atoms with Gasteiger partial charge in [-0.05, 0) is 43.5 Å². The van der Waals surface area contributed by atoms with Crippen LogP contribution in [0.5, 0.6) is 0 Å². The third-order valence-corrected chi connectivity index (χ3v) is 5.35. The van der Waals surface area contributed by atoms with Crippen LogP contribution in [0.2, 0.25) is 10.0 Å². The van der Waals surface area contributed by atoms with E-state index in [-0.39, 0.29) is 33.5 Å². The maximum absolute atomic E-state index is 13.7. The zero-order valence-electron chi connectivity index (χ0n) is 14.8. The van der Waals surface area contributed by atoms with Crippen LogP contribution < -0.4 is 5.32 Å². The molecule has 2 amide bonds.